The largest absolute Gasteiger partial charge is 0.301 e. The molecule has 1 aliphatic carbocycles. The van der Waals surface area contributed by atoms with Crippen molar-refractivity contribution in [2.24, 2.45) is 5.92 Å². The van der Waals surface area contributed by atoms with Gasteiger partial charge >= 0.3 is 0 Å². The highest BCUT2D eigenvalue weighted by Gasteiger charge is 2.62. The Hall–Kier alpha value is -1.57. The smallest absolute Gasteiger partial charge is 0.250 e. The molecule has 0 spiro atoms. The first-order valence-corrected chi connectivity index (χ1v) is 8.59. The van der Waals surface area contributed by atoms with Crippen molar-refractivity contribution in [3.8, 4) is 0 Å². The van der Waals surface area contributed by atoms with Crippen molar-refractivity contribution in [2.45, 2.75) is 63.8 Å². The number of amides is 1. The Balaban J connectivity index is 2.30. The highest BCUT2D eigenvalue weighted by atomic mass is 16.2. The molecule has 1 heterocycles. The third-order valence-corrected chi connectivity index (χ3v) is 6.40. The van der Waals surface area contributed by atoms with Crippen LogP contribution in [0.25, 0.3) is 0 Å². The minimum Gasteiger partial charge on any atom is -0.301 e. The third-order valence-electron chi connectivity index (χ3n) is 6.40. The molecule has 2 heteroatoms. The van der Waals surface area contributed by atoms with Gasteiger partial charge in [-0.2, -0.15) is 0 Å². The summed E-state index contributed by atoms with van der Waals surface area (Å²) in [6.07, 6.45) is 7.28. The van der Waals surface area contributed by atoms with Crippen LogP contribution in [-0.4, -0.2) is 11.4 Å². The van der Waals surface area contributed by atoms with E-state index in [9.17, 15) is 4.79 Å². The zero-order valence-electron chi connectivity index (χ0n) is 14.1. The Morgan fingerprint density at radius 1 is 1.36 bits per heavy atom. The summed E-state index contributed by atoms with van der Waals surface area (Å²) in [4.78, 5) is 14.9. The standard InChI is InChI=1S/C20H27NO/c1-5-15(3)20-14-10-9-13-19(20,4)16-11-7-8-12-17(16)21(20)18(22)6-2/h6-8,11-12,15H,2,5,9-10,13-14H2,1,3-4H3. The molecule has 0 radical (unpaired) electrons. The van der Waals surface area contributed by atoms with Gasteiger partial charge in [0.15, 0.2) is 0 Å². The summed E-state index contributed by atoms with van der Waals surface area (Å²) in [6.45, 7) is 10.7. The van der Waals surface area contributed by atoms with Crippen LogP contribution in [0.4, 0.5) is 5.69 Å². The van der Waals surface area contributed by atoms with Gasteiger partial charge < -0.3 is 4.90 Å². The van der Waals surface area contributed by atoms with Gasteiger partial charge in [-0.3, -0.25) is 4.79 Å². The average molecular weight is 297 g/mol. The Morgan fingerprint density at radius 2 is 2.05 bits per heavy atom. The van der Waals surface area contributed by atoms with Crippen molar-refractivity contribution in [2.75, 3.05) is 4.90 Å². The van der Waals surface area contributed by atoms with Crippen LogP contribution in [-0.2, 0) is 10.2 Å². The fraction of sp³-hybridized carbons (Fsp3) is 0.550. The lowest BCUT2D eigenvalue weighted by atomic mass is 9.56. The second-order valence-corrected chi connectivity index (χ2v) is 7.17. The first-order valence-electron chi connectivity index (χ1n) is 8.59. The molecule has 3 rings (SSSR count). The highest BCUT2D eigenvalue weighted by molar-refractivity contribution is 6.05. The Labute approximate surface area is 134 Å². The van der Waals surface area contributed by atoms with E-state index in [2.05, 4.69) is 50.4 Å². The van der Waals surface area contributed by atoms with Crippen molar-refractivity contribution in [3.05, 3.63) is 42.5 Å². The quantitative estimate of drug-likeness (QED) is 0.731. The van der Waals surface area contributed by atoms with Crippen LogP contribution in [0.3, 0.4) is 0 Å². The molecule has 3 atom stereocenters. The average Bonchev–Trinajstić information content (AvgIpc) is 2.80. The van der Waals surface area contributed by atoms with E-state index in [1.54, 1.807) is 0 Å². The second-order valence-electron chi connectivity index (χ2n) is 7.17. The summed E-state index contributed by atoms with van der Waals surface area (Å²) < 4.78 is 0. The third kappa shape index (κ3) is 1.70. The van der Waals surface area contributed by atoms with E-state index < -0.39 is 0 Å². The number of benzene rings is 1. The van der Waals surface area contributed by atoms with Gasteiger partial charge in [0.25, 0.3) is 5.91 Å². The molecule has 1 aromatic rings. The Bertz CT molecular complexity index is 607. The summed E-state index contributed by atoms with van der Waals surface area (Å²) in [6, 6.07) is 8.51. The molecule has 2 aliphatic rings. The first kappa shape index (κ1) is 15.3. The number of nitrogens with zero attached hydrogens (tertiary/aromatic N) is 1. The van der Waals surface area contributed by atoms with Crippen LogP contribution in [0.15, 0.2) is 36.9 Å². The van der Waals surface area contributed by atoms with E-state index in [4.69, 9.17) is 0 Å². The Kier molecular flexibility index (Phi) is 3.66. The molecular formula is C20H27NO. The van der Waals surface area contributed by atoms with Crippen molar-refractivity contribution in [1.29, 1.82) is 0 Å². The summed E-state index contributed by atoms with van der Waals surface area (Å²) in [5.41, 5.74) is 2.41. The van der Waals surface area contributed by atoms with Crippen molar-refractivity contribution >= 4 is 11.6 Å². The summed E-state index contributed by atoms with van der Waals surface area (Å²) in [5, 5.41) is 0. The predicted molar refractivity (Wildman–Crippen MR) is 92.1 cm³/mol. The summed E-state index contributed by atoms with van der Waals surface area (Å²) in [7, 11) is 0. The van der Waals surface area contributed by atoms with Crippen LogP contribution >= 0.6 is 0 Å². The molecule has 2 nitrogen and oxygen atoms in total. The van der Waals surface area contributed by atoms with Gasteiger partial charge in [-0.15, -0.1) is 0 Å². The summed E-state index contributed by atoms with van der Waals surface area (Å²) in [5.74, 6) is 0.521. The molecule has 22 heavy (non-hydrogen) atoms. The number of rotatable bonds is 3. The second kappa shape index (κ2) is 5.26. The van der Waals surface area contributed by atoms with E-state index in [-0.39, 0.29) is 16.9 Å². The van der Waals surface area contributed by atoms with Crippen LogP contribution in [0.5, 0.6) is 0 Å². The number of hydrogen-bond donors (Lipinski definition) is 0. The Morgan fingerprint density at radius 3 is 2.73 bits per heavy atom. The molecule has 1 aromatic carbocycles. The molecule has 1 saturated carbocycles. The molecule has 118 valence electrons. The van der Waals surface area contributed by atoms with Crippen molar-refractivity contribution in [1.82, 2.24) is 0 Å². The van der Waals surface area contributed by atoms with Crippen LogP contribution < -0.4 is 4.90 Å². The van der Waals surface area contributed by atoms with Gasteiger partial charge in [0.1, 0.15) is 0 Å². The molecule has 0 N–H and O–H groups in total. The normalized spacial score (nSPS) is 31.3. The van der Waals surface area contributed by atoms with E-state index in [0.29, 0.717) is 5.92 Å². The molecule has 0 aromatic heterocycles. The van der Waals surface area contributed by atoms with Gasteiger partial charge in [0.05, 0.1) is 5.54 Å². The maximum absolute atomic E-state index is 12.8. The first-order chi connectivity index (χ1) is 10.5. The molecule has 0 saturated heterocycles. The van der Waals surface area contributed by atoms with Gasteiger partial charge in [0, 0.05) is 11.1 Å². The maximum atomic E-state index is 12.8. The minimum atomic E-state index is -0.102. The SMILES string of the molecule is C=CC(=O)N1c2ccccc2C2(C)CCCCC12C(C)CC. The lowest BCUT2D eigenvalue weighted by Gasteiger charge is -2.55. The fourth-order valence-electron chi connectivity index (χ4n) is 5.20. The topological polar surface area (TPSA) is 20.3 Å². The molecule has 3 unspecified atom stereocenters. The number of hydrogen-bond acceptors (Lipinski definition) is 1. The lowest BCUT2D eigenvalue weighted by Crippen LogP contribution is -2.63. The predicted octanol–water partition coefficient (Wildman–Crippen LogP) is 4.84. The van der Waals surface area contributed by atoms with Crippen LogP contribution in [0.2, 0.25) is 0 Å². The van der Waals surface area contributed by atoms with Crippen molar-refractivity contribution < 1.29 is 4.79 Å². The zero-order valence-corrected chi connectivity index (χ0v) is 14.1. The number of carbonyl (C=O) groups excluding carboxylic acids is 1. The highest BCUT2D eigenvalue weighted by Crippen LogP contribution is 2.61. The van der Waals surface area contributed by atoms with Gasteiger partial charge in [-0.25, -0.2) is 0 Å². The van der Waals surface area contributed by atoms with E-state index in [1.807, 2.05) is 6.07 Å². The monoisotopic (exact) mass is 297 g/mol. The molecular weight excluding hydrogens is 270 g/mol. The van der Waals surface area contributed by atoms with Gasteiger partial charge in [-0.1, -0.05) is 64.8 Å². The van der Waals surface area contributed by atoms with Gasteiger partial charge in [0.2, 0.25) is 0 Å². The number of carbonyl (C=O) groups is 1. The van der Waals surface area contributed by atoms with Crippen LogP contribution in [0, 0.1) is 5.92 Å². The minimum absolute atomic E-state index is 0.0515. The summed E-state index contributed by atoms with van der Waals surface area (Å²) >= 11 is 0. The lowest BCUT2D eigenvalue weighted by molar-refractivity contribution is -0.116. The maximum Gasteiger partial charge on any atom is 0.250 e. The van der Waals surface area contributed by atoms with E-state index in [1.165, 1.54) is 24.5 Å². The van der Waals surface area contributed by atoms with Crippen LogP contribution in [0.1, 0.15) is 58.4 Å². The molecule has 1 amide bonds. The van der Waals surface area contributed by atoms with Crippen molar-refractivity contribution in [3.63, 3.8) is 0 Å². The van der Waals surface area contributed by atoms with E-state index in [0.717, 1.165) is 24.9 Å². The number of anilines is 1. The van der Waals surface area contributed by atoms with E-state index >= 15 is 0 Å². The fourth-order valence-corrected chi connectivity index (χ4v) is 5.20. The number of para-hydroxylation sites is 1. The number of fused-ring (bicyclic) bond motifs is 3. The zero-order chi connectivity index (χ0) is 16.0. The molecule has 0 bridgehead atoms. The molecule has 1 fully saturated rings. The van der Waals surface area contributed by atoms with Gasteiger partial charge in [-0.05, 0) is 36.5 Å². The molecule has 1 aliphatic heterocycles.